The van der Waals surface area contributed by atoms with Crippen molar-refractivity contribution in [3.63, 3.8) is 0 Å². The van der Waals surface area contributed by atoms with Crippen molar-refractivity contribution in [3.05, 3.63) is 74.8 Å². The molecule has 1 fully saturated rings. The molecule has 0 amide bonds. The van der Waals surface area contributed by atoms with Crippen LogP contribution >= 0.6 is 0 Å². The van der Waals surface area contributed by atoms with Gasteiger partial charge in [0.1, 0.15) is 30.0 Å². The van der Waals surface area contributed by atoms with Crippen LogP contribution in [0.1, 0.15) is 76.3 Å². The van der Waals surface area contributed by atoms with Crippen molar-refractivity contribution < 1.29 is 57.1 Å². The summed E-state index contributed by atoms with van der Waals surface area (Å²) in [5, 5.41) is 8.42. The molecule has 6 atom stereocenters. The first-order valence-corrected chi connectivity index (χ1v) is 17.7. The number of benzene rings is 1. The van der Waals surface area contributed by atoms with Gasteiger partial charge >= 0.3 is 29.8 Å². The highest BCUT2D eigenvalue weighted by molar-refractivity contribution is 5.92. The quantitative estimate of drug-likeness (QED) is 0.189. The van der Waals surface area contributed by atoms with E-state index in [2.05, 4.69) is 15.3 Å². The second kappa shape index (κ2) is 17.1. The summed E-state index contributed by atoms with van der Waals surface area (Å²) < 4.78 is 41.8. The van der Waals surface area contributed by atoms with Crippen LogP contribution in [0.5, 0.6) is 5.88 Å². The molecule has 19 nitrogen and oxygen atoms in total. The van der Waals surface area contributed by atoms with Gasteiger partial charge in [0, 0.05) is 47.5 Å². The molecular formula is C37H44N6O13. The number of esters is 5. The lowest BCUT2D eigenvalue weighted by atomic mass is 9.83. The van der Waals surface area contributed by atoms with E-state index in [0.717, 1.165) is 26.5 Å². The molecule has 4 heterocycles. The van der Waals surface area contributed by atoms with Gasteiger partial charge in [0.15, 0.2) is 24.5 Å². The highest BCUT2D eigenvalue weighted by Gasteiger charge is 2.53. The molecule has 1 saturated heterocycles. The number of ether oxygens (including phenoxy) is 7. The van der Waals surface area contributed by atoms with Crippen LogP contribution in [-0.2, 0) is 58.9 Å². The molecular weight excluding hydrogens is 736 g/mol. The average Bonchev–Trinajstić information content (AvgIpc) is 3.58. The molecule has 19 heteroatoms. The summed E-state index contributed by atoms with van der Waals surface area (Å²) in [6.07, 6.45) is -5.41. The fourth-order valence-corrected chi connectivity index (χ4v) is 6.57. The Bertz CT molecular complexity index is 2090. The van der Waals surface area contributed by atoms with Crippen LogP contribution in [0.15, 0.2) is 46.6 Å². The summed E-state index contributed by atoms with van der Waals surface area (Å²) in [5.74, 6) is -4.02. The molecule has 56 heavy (non-hydrogen) atoms. The van der Waals surface area contributed by atoms with E-state index >= 15 is 0 Å². The van der Waals surface area contributed by atoms with E-state index in [0.29, 0.717) is 5.56 Å². The van der Waals surface area contributed by atoms with Crippen molar-refractivity contribution in [1.29, 1.82) is 0 Å². The van der Waals surface area contributed by atoms with Crippen molar-refractivity contribution in [2.75, 3.05) is 32.2 Å². The SMILES string of the molecule is CCOC(=O)C1=C(C)Oc2nc(C)n(Cc3cn([C@@H]4O[C@H](COC(C)=O)[C@@H](OC(C)=O)[C@H](OC(C)=O)[C@H]4OC(C)=O)nn3)c(=O)c2C1c1ccc(N(C)C)cc1. The number of carbonyl (C=O) groups is 5. The molecule has 1 unspecified atom stereocenters. The van der Waals surface area contributed by atoms with Gasteiger partial charge in [-0.05, 0) is 38.5 Å². The van der Waals surface area contributed by atoms with Crippen LogP contribution in [0.4, 0.5) is 5.69 Å². The Morgan fingerprint density at radius 2 is 1.48 bits per heavy atom. The number of anilines is 1. The van der Waals surface area contributed by atoms with E-state index in [1.165, 1.54) is 22.4 Å². The maximum Gasteiger partial charge on any atom is 0.338 e. The number of nitrogens with zero attached hydrogens (tertiary/aromatic N) is 6. The Kier molecular flexibility index (Phi) is 12.6. The lowest BCUT2D eigenvalue weighted by molar-refractivity contribution is -0.270. The monoisotopic (exact) mass is 780 g/mol. The first-order chi connectivity index (χ1) is 26.5. The highest BCUT2D eigenvalue weighted by Crippen LogP contribution is 2.42. The summed E-state index contributed by atoms with van der Waals surface area (Å²) in [6, 6.07) is 7.39. The standard InChI is InChI=1S/C37H44N6O13/c1-10-50-37(49)28-18(2)52-34-30(29(28)24-11-13-26(14-12-24)41(8)9)35(48)42(19(3)38-34)15-25-16-43(40-39-25)36-33(55-23(7)47)32(54-22(6)46)31(53-21(5)45)27(56-36)17-51-20(4)44/h11-14,16,27,29,31-33,36H,10,15,17H2,1-9H3/t27-,29?,31-,32+,33-,36-/m1/s1. The number of fused-ring (bicyclic) bond motifs is 1. The second-order valence-electron chi connectivity index (χ2n) is 13.3. The fourth-order valence-electron chi connectivity index (χ4n) is 6.57. The topological polar surface area (TPSA) is 219 Å². The summed E-state index contributed by atoms with van der Waals surface area (Å²) in [6.45, 7) is 8.90. The third kappa shape index (κ3) is 8.88. The van der Waals surface area contributed by atoms with Crippen LogP contribution in [0.3, 0.4) is 0 Å². The largest absolute Gasteiger partial charge is 0.463 e. The van der Waals surface area contributed by atoms with Gasteiger partial charge in [-0.3, -0.25) is 28.5 Å². The van der Waals surface area contributed by atoms with Crippen molar-refractivity contribution in [3.8, 4) is 5.88 Å². The van der Waals surface area contributed by atoms with Gasteiger partial charge in [-0.15, -0.1) is 5.10 Å². The molecule has 0 N–H and O–H groups in total. The first-order valence-electron chi connectivity index (χ1n) is 17.7. The third-order valence-corrected chi connectivity index (χ3v) is 8.91. The molecule has 0 radical (unpaired) electrons. The predicted molar refractivity (Wildman–Crippen MR) is 192 cm³/mol. The minimum atomic E-state index is -1.44. The third-order valence-electron chi connectivity index (χ3n) is 8.91. The Hall–Kier alpha value is -6.11. The number of aromatic nitrogens is 5. The fraction of sp³-hybridized carbons (Fsp3) is 0.486. The number of hydrogen-bond acceptors (Lipinski definition) is 17. The molecule has 1 aromatic carbocycles. The van der Waals surface area contributed by atoms with Gasteiger partial charge in [-0.1, -0.05) is 17.3 Å². The summed E-state index contributed by atoms with van der Waals surface area (Å²) in [5.41, 5.74) is 1.48. The maximum atomic E-state index is 14.5. The van der Waals surface area contributed by atoms with Gasteiger partial charge in [0.05, 0.1) is 36.4 Å². The van der Waals surface area contributed by atoms with E-state index in [1.54, 1.807) is 20.8 Å². The summed E-state index contributed by atoms with van der Waals surface area (Å²) >= 11 is 0. The zero-order valence-corrected chi connectivity index (χ0v) is 32.5. The number of aryl methyl sites for hydroxylation is 1. The number of allylic oxidation sites excluding steroid dienone is 1. The lowest BCUT2D eigenvalue weighted by Gasteiger charge is -2.44. The van der Waals surface area contributed by atoms with E-state index in [9.17, 15) is 28.8 Å². The molecule has 0 saturated carbocycles. The molecule has 5 rings (SSSR count). The number of hydrogen-bond donors (Lipinski definition) is 0. The van der Waals surface area contributed by atoms with Gasteiger partial charge in [-0.25, -0.2) is 9.48 Å². The summed E-state index contributed by atoms with van der Waals surface area (Å²) in [4.78, 5) is 83.0. The van der Waals surface area contributed by atoms with Crippen molar-refractivity contribution in [2.24, 2.45) is 0 Å². The van der Waals surface area contributed by atoms with Gasteiger partial charge in [0.25, 0.3) is 5.56 Å². The van der Waals surface area contributed by atoms with Crippen molar-refractivity contribution >= 4 is 35.5 Å². The first kappa shape index (κ1) is 41.1. The van der Waals surface area contributed by atoms with Gasteiger partial charge in [-0.2, -0.15) is 4.98 Å². The molecule has 0 spiro atoms. The molecule has 2 aliphatic heterocycles. The van der Waals surface area contributed by atoms with Gasteiger partial charge < -0.3 is 38.1 Å². The van der Waals surface area contributed by atoms with E-state index in [1.807, 2.05) is 43.3 Å². The van der Waals surface area contributed by atoms with Crippen molar-refractivity contribution in [2.45, 2.75) is 91.6 Å². The van der Waals surface area contributed by atoms with Crippen LogP contribution in [0.2, 0.25) is 0 Å². The minimum absolute atomic E-state index is 0.0390. The minimum Gasteiger partial charge on any atom is -0.463 e. The maximum absolute atomic E-state index is 14.5. The molecule has 0 aliphatic carbocycles. The molecule has 2 aliphatic rings. The van der Waals surface area contributed by atoms with E-state index < -0.39 is 78.6 Å². The summed E-state index contributed by atoms with van der Waals surface area (Å²) in [7, 11) is 3.79. The Morgan fingerprint density at radius 1 is 0.857 bits per heavy atom. The lowest BCUT2D eigenvalue weighted by Crippen LogP contribution is -2.60. The number of rotatable bonds is 12. The molecule has 3 aromatic rings. The van der Waals surface area contributed by atoms with Crippen molar-refractivity contribution in [1.82, 2.24) is 24.5 Å². The van der Waals surface area contributed by atoms with Crippen LogP contribution in [-0.4, -0.2) is 106 Å². The smallest absolute Gasteiger partial charge is 0.338 e. The molecule has 300 valence electrons. The highest BCUT2D eigenvalue weighted by atomic mass is 16.7. The van der Waals surface area contributed by atoms with Gasteiger partial charge in [0.2, 0.25) is 5.88 Å². The number of carbonyl (C=O) groups excluding carboxylic acids is 5. The zero-order chi connectivity index (χ0) is 41.0. The molecule has 0 bridgehead atoms. The van der Waals surface area contributed by atoms with Crippen LogP contribution < -0.4 is 15.2 Å². The molecule has 2 aromatic heterocycles. The predicted octanol–water partition coefficient (Wildman–Crippen LogP) is 1.87. The van der Waals surface area contributed by atoms with E-state index in [-0.39, 0.29) is 47.4 Å². The normalized spacial score (nSPS) is 21.6. The second-order valence-corrected chi connectivity index (χ2v) is 13.3. The van der Waals surface area contributed by atoms with Crippen LogP contribution in [0.25, 0.3) is 0 Å². The average molecular weight is 781 g/mol. The Morgan fingerprint density at radius 3 is 2.07 bits per heavy atom. The Balaban J connectivity index is 1.57. The van der Waals surface area contributed by atoms with Crippen LogP contribution in [0, 0.1) is 6.92 Å². The zero-order valence-electron chi connectivity index (χ0n) is 32.5. The van der Waals surface area contributed by atoms with E-state index in [4.69, 9.17) is 33.2 Å². The Labute approximate surface area is 321 Å².